The fourth-order valence-electron chi connectivity index (χ4n) is 4.25. The lowest BCUT2D eigenvalue weighted by Crippen LogP contribution is -2.14. The molecule has 0 nitrogen and oxygen atoms in total. The summed E-state index contributed by atoms with van der Waals surface area (Å²) in [6, 6.07) is 22.5. The van der Waals surface area contributed by atoms with Gasteiger partial charge in [-0.3, -0.25) is 0 Å². The fraction of sp³-hybridized carbons (Fsp3) is 0.400. The van der Waals surface area contributed by atoms with Gasteiger partial charge in [-0.1, -0.05) is 104 Å². The predicted octanol–water partition coefficient (Wildman–Crippen LogP) is 4.92. The van der Waals surface area contributed by atoms with Crippen LogP contribution in [0.1, 0.15) is 27.7 Å². The van der Waals surface area contributed by atoms with Crippen molar-refractivity contribution in [3.8, 4) is 0 Å². The molecule has 2 heterocycles. The first-order valence-corrected chi connectivity index (χ1v) is 11.0. The maximum Gasteiger partial charge on any atom is 0.000933 e. The van der Waals surface area contributed by atoms with Crippen molar-refractivity contribution in [3.63, 3.8) is 0 Å². The van der Waals surface area contributed by atoms with Crippen molar-refractivity contribution in [3.05, 3.63) is 60.7 Å². The molecule has 0 radical (unpaired) electrons. The van der Waals surface area contributed by atoms with Crippen molar-refractivity contribution in [1.82, 2.24) is 0 Å². The van der Waals surface area contributed by atoms with Crippen LogP contribution in [0.2, 0.25) is 0 Å². The van der Waals surface area contributed by atoms with Gasteiger partial charge in [0.2, 0.25) is 0 Å². The third-order valence-electron chi connectivity index (χ3n) is 5.48. The van der Waals surface area contributed by atoms with Gasteiger partial charge in [-0.15, -0.1) is 0 Å². The zero-order valence-corrected chi connectivity index (χ0v) is 15.6. The molecule has 0 bridgehead atoms. The Bertz CT molecular complexity index is 614. The van der Waals surface area contributed by atoms with Crippen LogP contribution < -0.4 is 10.6 Å². The zero-order chi connectivity index (χ0) is 15.5. The van der Waals surface area contributed by atoms with Gasteiger partial charge in [-0.25, -0.2) is 0 Å². The fourth-order valence-corrected chi connectivity index (χ4v) is 12.3. The first-order valence-electron chi connectivity index (χ1n) is 8.14. The van der Waals surface area contributed by atoms with Gasteiger partial charge in [-0.05, 0) is 20.9 Å². The van der Waals surface area contributed by atoms with Gasteiger partial charge in [-0.2, -0.15) is 0 Å². The molecule has 2 fully saturated rings. The monoisotopic (exact) mass is 326 g/mol. The first kappa shape index (κ1) is 14.9. The lowest BCUT2D eigenvalue weighted by atomic mass is 10.0. The second-order valence-electron chi connectivity index (χ2n) is 7.61. The van der Waals surface area contributed by atoms with E-state index in [1.807, 2.05) is 0 Å². The van der Waals surface area contributed by atoms with Gasteiger partial charge in [0, 0.05) is 11.3 Å². The molecule has 0 aliphatic carbocycles. The molecule has 4 unspecified atom stereocenters. The Kier molecular flexibility index (Phi) is 3.31. The molecule has 0 saturated carbocycles. The van der Waals surface area contributed by atoms with Crippen LogP contribution >= 0.6 is 15.8 Å². The highest BCUT2D eigenvalue weighted by Crippen LogP contribution is 2.88. The van der Waals surface area contributed by atoms with Crippen LogP contribution in [0.3, 0.4) is 0 Å². The third-order valence-corrected chi connectivity index (χ3v) is 12.9. The highest BCUT2D eigenvalue weighted by Gasteiger charge is 2.73. The number of hydrogen-bond acceptors (Lipinski definition) is 0. The predicted molar refractivity (Wildman–Crippen MR) is 102 cm³/mol. The molecule has 0 N–H and O–H groups in total. The van der Waals surface area contributed by atoms with Gasteiger partial charge in [0.25, 0.3) is 0 Å². The summed E-state index contributed by atoms with van der Waals surface area (Å²) in [5.41, 5.74) is 1.82. The average molecular weight is 326 g/mol. The smallest absolute Gasteiger partial charge is 0.000933 e. The van der Waals surface area contributed by atoms with Gasteiger partial charge in [0.15, 0.2) is 0 Å². The van der Waals surface area contributed by atoms with Crippen LogP contribution in [0.4, 0.5) is 0 Å². The Hall–Kier alpha value is -0.700. The second kappa shape index (κ2) is 4.90. The summed E-state index contributed by atoms with van der Waals surface area (Å²) < 4.78 is 0. The van der Waals surface area contributed by atoms with E-state index in [1.165, 1.54) is 0 Å². The second-order valence-corrected chi connectivity index (χ2v) is 13.5. The molecule has 2 saturated heterocycles. The molecule has 0 spiro atoms. The van der Waals surface area contributed by atoms with E-state index in [0.29, 0.717) is 10.3 Å². The van der Waals surface area contributed by atoms with Gasteiger partial charge < -0.3 is 0 Å². The first-order chi connectivity index (χ1) is 10.5. The quantitative estimate of drug-likeness (QED) is 0.702. The molecule has 0 amide bonds. The Morgan fingerprint density at radius 1 is 0.591 bits per heavy atom. The van der Waals surface area contributed by atoms with Crippen molar-refractivity contribution in [2.75, 3.05) is 0 Å². The van der Waals surface area contributed by atoms with E-state index in [4.69, 9.17) is 0 Å². The molecular weight excluding hydrogens is 302 g/mol. The molecule has 114 valence electrons. The Balaban J connectivity index is 1.64. The maximum atomic E-state index is 2.50. The van der Waals surface area contributed by atoms with Crippen LogP contribution in [0.25, 0.3) is 0 Å². The number of hydrogen-bond donors (Lipinski definition) is 0. The molecule has 2 aromatic carbocycles. The summed E-state index contributed by atoms with van der Waals surface area (Å²) in [7, 11) is 0.0231. The molecule has 4 atom stereocenters. The molecule has 22 heavy (non-hydrogen) atoms. The topological polar surface area (TPSA) is 0 Å². The summed E-state index contributed by atoms with van der Waals surface area (Å²) in [6.07, 6.45) is 0. The van der Waals surface area contributed by atoms with E-state index in [0.717, 1.165) is 11.3 Å². The average Bonchev–Trinajstić information content (AvgIpc) is 3.28. The largest absolute Gasteiger partial charge is 0.0641 e. The van der Waals surface area contributed by atoms with Crippen LogP contribution in [-0.4, -0.2) is 21.6 Å². The summed E-state index contributed by atoms with van der Waals surface area (Å²) in [5, 5.41) is 4.26. The molecule has 4 rings (SSSR count). The Morgan fingerprint density at radius 2 is 0.909 bits per heavy atom. The van der Waals surface area contributed by atoms with E-state index in [1.54, 1.807) is 10.6 Å². The number of benzene rings is 2. The summed E-state index contributed by atoms with van der Waals surface area (Å²) in [4.78, 5) is 0. The Labute approximate surface area is 136 Å². The van der Waals surface area contributed by atoms with E-state index >= 15 is 0 Å². The van der Waals surface area contributed by atoms with Crippen molar-refractivity contribution in [2.24, 2.45) is 0 Å². The molecule has 2 heteroatoms. The van der Waals surface area contributed by atoms with Crippen LogP contribution in [0.5, 0.6) is 0 Å². The molecule has 2 aliphatic rings. The van der Waals surface area contributed by atoms with Crippen LogP contribution in [0, 0.1) is 0 Å². The molecular formula is C20H24P2. The van der Waals surface area contributed by atoms with Gasteiger partial charge >= 0.3 is 0 Å². The van der Waals surface area contributed by atoms with Crippen molar-refractivity contribution >= 4 is 26.5 Å². The van der Waals surface area contributed by atoms with Crippen LogP contribution in [0.15, 0.2) is 60.7 Å². The van der Waals surface area contributed by atoms with Gasteiger partial charge in [0.1, 0.15) is 0 Å². The van der Waals surface area contributed by atoms with E-state index in [9.17, 15) is 0 Å². The molecule has 2 aromatic rings. The highest BCUT2D eigenvalue weighted by atomic mass is 31.1. The minimum atomic E-state index is 0.0115. The Morgan fingerprint density at radius 3 is 1.23 bits per heavy atom. The lowest BCUT2D eigenvalue weighted by Gasteiger charge is -2.01. The van der Waals surface area contributed by atoms with E-state index in [-0.39, 0.29) is 15.8 Å². The maximum absolute atomic E-state index is 2.50. The summed E-state index contributed by atoms with van der Waals surface area (Å²) >= 11 is 0. The lowest BCUT2D eigenvalue weighted by molar-refractivity contribution is 0.682. The van der Waals surface area contributed by atoms with Crippen molar-refractivity contribution in [2.45, 2.75) is 49.3 Å². The van der Waals surface area contributed by atoms with E-state index < -0.39 is 0 Å². The minimum Gasteiger partial charge on any atom is -0.0641 e. The van der Waals surface area contributed by atoms with E-state index in [2.05, 4.69) is 88.4 Å². The zero-order valence-electron chi connectivity index (χ0n) is 13.8. The molecule has 2 aliphatic heterocycles. The third kappa shape index (κ3) is 2.11. The van der Waals surface area contributed by atoms with Crippen LogP contribution in [-0.2, 0) is 0 Å². The minimum absolute atomic E-state index is 0.0115. The number of rotatable bonds is 3. The van der Waals surface area contributed by atoms with Gasteiger partial charge in [0.05, 0.1) is 0 Å². The van der Waals surface area contributed by atoms with Crippen molar-refractivity contribution < 1.29 is 0 Å². The van der Waals surface area contributed by atoms with Crippen molar-refractivity contribution in [1.29, 1.82) is 0 Å². The SMILES string of the molecule is CC1(C)C(C2P(c3ccccc3)C2(C)C)P1c1ccccc1. The molecule has 0 aromatic heterocycles. The highest BCUT2D eigenvalue weighted by molar-refractivity contribution is 7.81. The normalized spacial score (nSPS) is 34.2. The summed E-state index contributed by atoms with van der Waals surface area (Å²) in [5.74, 6) is 0. The summed E-state index contributed by atoms with van der Waals surface area (Å²) in [6.45, 7) is 10.0. The standard InChI is InChI=1S/C20H24P2/c1-19(2)17(21(19)15-11-7-5-8-12-15)18-20(3,4)22(18)16-13-9-6-10-14-16/h5-14,17-18H,1-4H3.